The van der Waals surface area contributed by atoms with E-state index < -0.39 is 0 Å². The minimum atomic E-state index is -0.248. The van der Waals surface area contributed by atoms with Crippen LogP contribution in [0.4, 0.5) is 5.13 Å². The number of anilines is 1. The molecule has 2 aromatic heterocycles. The van der Waals surface area contributed by atoms with E-state index in [1.807, 2.05) is 18.2 Å². The summed E-state index contributed by atoms with van der Waals surface area (Å²) in [6, 6.07) is 10.2. The second kappa shape index (κ2) is 8.60. The topological polar surface area (TPSA) is 95.6 Å². The van der Waals surface area contributed by atoms with Crippen LogP contribution in [0.2, 0.25) is 0 Å². The number of halogens is 1. The summed E-state index contributed by atoms with van der Waals surface area (Å²) < 4.78 is 0. The Hall–Kier alpha value is -2.29. The highest BCUT2D eigenvalue weighted by Gasteiger charge is 2.23. The molecule has 1 aromatic carbocycles. The fraction of sp³-hybridized carbons (Fsp3) is 0.333. The van der Waals surface area contributed by atoms with Crippen LogP contribution in [0.1, 0.15) is 51.6 Å². The van der Waals surface area contributed by atoms with Gasteiger partial charge in [-0.25, -0.2) is 0 Å². The fourth-order valence-corrected chi connectivity index (χ4v) is 4.18. The molecule has 0 aliphatic carbocycles. The summed E-state index contributed by atoms with van der Waals surface area (Å²) in [5.41, 5.74) is 3.60. The van der Waals surface area contributed by atoms with Crippen molar-refractivity contribution in [3.63, 3.8) is 0 Å². The van der Waals surface area contributed by atoms with Crippen molar-refractivity contribution in [3.8, 4) is 0 Å². The van der Waals surface area contributed by atoms with Crippen LogP contribution < -0.4 is 10.6 Å². The molecule has 1 atom stereocenters. The van der Waals surface area contributed by atoms with Gasteiger partial charge in [-0.15, -0.1) is 22.6 Å². The lowest BCUT2D eigenvalue weighted by Crippen LogP contribution is -2.25. The van der Waals surface area contributed by atoms with E-state index in [0.29, 0.717) is 17.4 Å². The zero-order chi connectivity index (χ0) is 17.9. The van der Waals surface area contributed by atoms with Crippen LogP contribution >= 0.6 is 23.7 Å². The van der Waals surface area contributed by atoms with Gasteiger partial charge in [0.05, 0.1) is 0 Å². The highest BCUT2D eigenvalue weighted by Crippen LogP contribution is 2.31. The average Bonchev–Trinajstić information content (AvgIpc) is 3.30. The van der Waals surface area contributed by atoms with Crippen LogP contribution in [0.3, 0.4) is 0 Å². The first-order valence-electron chi connectivity index (χ1n) is 8.72. The molecule has 0 radical (unpaired) electrons. The van der Waals surface area contributed by atoms with Crippen molar-refractivity contribution in [2.75, 3.05) is 11.9 Å². The Morgan fingerprint density at radius 1 is 1.30 bits per heavy atom. The molecule has 1 aliphatic heterocycles. The lowest BCUT2D eigenvalue weighted by molar-refractivity contribution is 0.102. The molecule has 27 heavy (non-hydrogen) atoms. The van der Waals surface area contributed by atoms with Gasteiger partial charge in [0.25, 0.3) is 5.91 Å². The molecule has 7 nitrogen and oxygen atoms in total. The molecule has 4 rings (SSSR count). The fourth-order valence-electron chi connectivity index (χ4n) is 3.23. The molecule has 1 amide bonds. The van der Waals surface area contributed by atoms with Gasteiger partial charge in [0.2, 0.25) is 5.13 Å². The van der Waals surface area contributed by atoms with Crippen LogP contribution in [0.5, 0.6) is 0 Å². The molecule has 9 heteroatoms. The van der Waals surface area contributed by atoms with Crippen molar-refractivity contribution in [3.05, 3.63) is 57.9 Å². The predicted octanol–water partition coefficient (Wildman–Crippen LogP) is 3.12. The Labute approximate surface area is 167 Å². The number of nitrogens with zero attached hydrogens (tertiary/aromatic N) is 3. The zero-order valence-corrected chi connectivity index (χ0v) is 16.5. The number of hydrogen-bond donors (Lipinski definition) is 3. The number of hydrogen-bond acceptors (Lipinski definition) is 6. The maximum absolute atomic E-state index is 12.6. The Balaban J connectivity index is 0.00000210. The molecular weight excluding hydrogens is 384 g/mol. The third-order valence-corrected chi connectivity index (χ3v) is 5.54. The number of amides is 1. The molecule has 1 aliphatic rings. The molecule has 0 fully saturated rings. The Kier molecular flexibility index (Phi) is 6.20. The van der Waals surface area contributed by atoms with Gasteiger partial charge in [0.1, 0.15) is 5.01 Å². The normalized spacial score (nSPS) is 14.1. The van der Waals surface area contributed by atoms with E-state index in [4.69, 9.17) is 0 Å². The number of fused-ring (bicyclic) bond motifs is 1. The standard InChI is InChI=1S/C18H20N6OS.ClH/c1-2-12(11-6-4-3-5-7-11)17-23-24-18(26-17)20-16(25)15-13-10-19-9-8-14(13)21-22-15;/h3-7,12,19H,2,8-10H2,1H3,(H,21,22)(H,20,24,25);1H. The van der Waals surface area contributed by atoms with Gasteiger partial charge in [-0.05, 0) is 12.0 Å². The summed E-state index contributed by atoms with van der Waals surface area (Å²) in [6.45, 7) is 3.68. The summed E-state index contributed by atoms with van der Waals surface area (Å²) in [7, 11) is 0. The monoisotopic (exact) mass is 404 g/mol. The van der Waals surface area contributed by atoms with Crippen molar-refractivity contribution in [2.45, 2.75) is 32.2 Å². The van der Waals surface area contributed by atoms with Crippen molar-refractivity contribution < 1.29 is 4.79 Å². The predicted molar refractivity (Wildman–Crippen MR) is 108 cm³/mol. The van der Waals surface area contributed by atoms with Crippen molar-refractivity contribution in [1.82, 2.24) is 25.7 Å². The quantitative estimate of drug-likeness (QED) is 0.607. The summed E-state index contributed by atoms with van der Waals surface area (Å²) in [5.74, 6) is -0.0663. The van der Waals surface area contributed by atoms with Crippen LogP contribution in [0.25, 0.3) is 0 Å². The summed E-state index contributed by atoms with van der Waals surface area (Å²) in [4.78, 5) is 12.6. The van der Waals surface area contributed by atoms with E-state index in [0.717, 1.165) is 35.7 Å². The summed E-state index contributed by atoms with van der Waals surface area (Å²) >= 11 is 1.42. The minimum absolute atomic E-state index is 0. The number of rotatable bonds is 5. The van der Waals surface area contributed by atoms with Crippen LogP contribution in [0, 0.1) is 0 Å². The average molecular weight is 405 g/mol. The van der Waals surface area contributed by atoms with Crippen molar-refractivity contribution in [1.29, 1.82) is 0 Å². The second-order valence-corrected chi connectivity index (χ2v) is 7.24. The molecule has 1 unspecified atom stereocenters. The number of aromatic nitrogens is 4. The van der Waals surface area contributed by atoms with Gasteiger partial charge in [-0.1, -0.05) is 48.6 Å². The molecule has 0 bridgehead atoms. The zero-order valence-electron chi connectivity index (χ0n) is 14.9. The Morgan fingerprint density at radius 2 is 2.11 bits per heavy atom. The van der Waals surface area contributed by atoms with Crippen LogP contribution in [-0.2, 0) is 13.0 Å². The number of aromatic amines is 1. The van der Waals surface area contributed by atoms with E-state index in [1.165, 1.54) is 16.9 Å². The number of carbonyl (C=O) groups is 1. The minimum Gasteiger partial charge on any atom is -0.312 e. The van der Waals surface area contributed by atoms with E-state index in [2.05, 4.69) is 50.1 Å². The molecule has 3 heterocycles. The van der Waals surface area contributed by atoms with Crippen molar-refractivity contribution in [2.24, 2.45) is 0 Å². The lowest BCUT2D eigenvalue weighted by Gasteiger charge is -2.12. The van der Waals surface area contributed by atoms with Gasteiger partial charge < -0.3 is 5.32 Å². The first-order valence-corrected chi connectivity index (χ1v) is 9.54. The molecule has 0 saturated carbocycles. The van der Waals surface area contributed by atoms with E-state index in [9.17, 15) is 4.79 Å². The van der Waals surface area contributed by atoms with Crippen molar-refractivity contribution >= 4 is 34.8 Å². The summed E-state index contributed by atoms with van der Waals surface area (Å²) in [5, 5.41) is 23.1. The van der Waals surface area contributed by atoms with E-state index in [1.54, 1.807) is 0 Å². The number of benzene rings is 1. The maximum atomic E-state index is 12.6. The third-order valence-electron chi connectivity index (χ3n) is 4.59. The van der Waals surface area contributed by atoms with Gasteiger partial charge in [0.15, 0.2) is 5.69 Å². The largest absolute Gasteiger partial charge is 0.312 e. The van der Waals surface area contributed by atoms with Crippen LogP contribution in [0.15, 0.2) is 30.3 Å². The number of H-pyrrole nitrogens is 1. The highest BCUT2D eigenvalue weighted by molar-refractivity contribution is 7.15. The van der Waals surface area contributed by atoms with E-state index >= 15 is 0 Å². The first kappa shape index (κ1) is 19.5. The highest BCUT2D eigenvalue weighted by atomic mass is 35.5. The van der Waals surface area contributed by atoms with Gasteiger partial charge in [-0.3, -0.25) is 15.2 Å². The molecule has 0 saturated heterocycles. The van der Waals surface area contributed by atoms with Crippen LogP contribution in [-0.4, -0.2) is 32.8 Å². The molecular formula is C18H21ClN6OS. The Bertz CT molecular complexity index is 910. The number of carbonyl (C=O) groups excluding carboxylic acids is 1. The lowest BCUT2D eigenvalue weighted by atomic mass is 9.97. The SMILES string of the molecule is CCC(c1ccccc1)c1nnc(NC(=O)c2n[nH]c3c2CNCC3)s1.Cl. The third kappa shape index (κ3) is 4.02. The molecule has 142 valence electrons. The van der Waals surface area contributed by atoms with E-state index in [-0.39, 0.29) is 24.2 Å². The maximum Gasteiger partial charge on any atom is 0.278 e. The summed E-state index contributed by atoms with van der Waals surface area (Å²) in [6.07, 6.45) is 1.78. The second-order valence-electron chi connectivity index (χ2n) is 6.23. The smallest absolute Gasteiger partial charge is 0.278 e. The van der Waals surface area contributed by atoms with Gasteiger partial charge >= 0.3 is 0 Å². The number of nitrogens with one attached hydrogen (secondary N) is 3. The molecule has 3 aromatic rings. The van der Waals surface area contributed by atoms with Gasteiger partial charge in [-0.2, -0.15) is 5.10 Å². The first-order chi connectivity index (χ1) is 12.8. The Morgan fingerprint density at radius 3 is 2.89 bits per heavy atom. The van der Waals surface area contributed by atoms with Gasteiger partial charge in [0, 0.05) is 36.7 Å². The molecule has 3 N–H and O–H groups in total. The molecule has 0 spiro atoms.